The molecule has 7 heteroatoms. The van der Waals surface area contributed by atoms with E-state index in [0.29, 0.717) is 19.7 Å². The van der Waals surface area contributed by atoms with Crippen LogP contribution in [-0.4, -0.2) is 49.7 Å². The molecule has 1 heterocycles. The lowest BCUT2D eigenvalue weighted by atomic mass is 10.2. The Labute approximate surface area is 166 Å². The van der Waals surface area contributed by atoms with Gasteiger partial charge in [-0.25, -0.2) is 9.98 Å². The van der Waals surface area contributed by atoms with Gasteiger partial charge in [-0.2, -0.15) is 0 Å². The number of aliphatic imine (C=N–C) groups is 1. The fraction of sp³-hybridized carbons (Fsp3) is 0.500. The van der Waals surface area contributed by atoms with Crippen molar-refractivity contribution in [2.75, 3.05) is 33.9 Å². The smallest absolute Gasteiger partial charge is 0.194 e. The maximum absolute atomic E-state index is 5.75. The van der Waals surface area contributed by atoms with Gasteiger partial charge in [0.1, 0.15) is 23.5 Å². The second-order valence-electron chi connectivity index (χ2n) is 6.31. The van der Waals surface area contributed by atoms with E-state index < -0.39 is 0 Å². The number of aromatic nitrogens is 1. The molecule has 0 saturated heterocycles. The van der Waals surface area contributed by atoms with Gasteiger partial charge in [-0.3, -0.25) is 0 Å². The van der Waals surface area contributed by atoms with Crippen molar-refractivity contribution in [3.63, 3.8) is 0 Å². The molecule has 1 unspecified atom stereocenters. The van der Waals surface area contributed by atoms with E-state index >= 15 is 0 Å². The largest absolute Gasteiger partial charge is 0.492 e. The highest BCUT2D eigenvalue weighted by Gasteiger charge is 2.12. The Kier molecular flexibility index (Phi) is 8.54. The molecular weight excluding hydrogens is 360 g/mol. The second-order valence-corrected chi connectivity index (χ2v) is 7.20. The molecule has 0 aliphatic carbocycles. The molecule has 2 rings (SSSR count). The molecule has 6 nitrogen and oxygen atoms in total. The van der Waals surface area contributed by atoms with E-state index in [0.717, 1.165) is 29.0 Å². The van der Waals surface area contributed by atoms with Crippen LogP contribution in [0.1, 0.15) is 36.2 Å². The van der Waals surface area contributed by atoms with Gasteiger partial charge in [0.15, 0.2) is 5.96 Å². The van der Waals surface area contributed by atoms with Crippen LogP contribution in [0, 0.1) is 6.92 Å². The zero-order valence-corrected chi connectivity index (χ0v) is 17.7. The van der Waals surface area contributed by atoms with E-state index in [1.54, 1.807) is 18.4 Å². The predicted octanol–water partition coefficient (Wildman–Crippen LogP) is 3.64. The topological polar surface area (TPSA) is 59.0 Å². The predicted molar refractivity (Wildman–Crippen MR) is 112 cm³/mol. The van der Waals surface area contributed by atoms with E-state index in [-0.39, 0.29) is 6.10 Å². The van der Waals surface area contributed by atoms with Gasteiger partial charge >= 0.3 is 0 Å². The fourth-order valence-corrected chi connectivity index (χ4v) is 3.26. The van der Waals surface area contributed by atoms with Crippen LogP contribution in [0.3, 0.4) is 0 Å². The highest BCUT2D eigenvalue weighted by atomic mass is 32.1. The monoisotopic (exact) mass is 390 g/mol. The lowest BCUT2D eigenvalue weighted by Gasteiger charge is -2.21. The summed E-state index contributed by atoms with van der Waals surface area (Å²) in [6.07, 6.45) is 0.0230. The van der Waals surface area contributed by atoms with Gasteiger partial charge in [0, 0.05) is 26.1 Å². The average Bonchev–Trinajstić information content (AvgIpc) is 3.13. The van der Waals surface area contributed by atoms with Gasteiger partial charge < -0.3 is 19.7 Å². The zero-order valence-electron chi connectivity index (χ0n) is 16.9. The van der Waals surface area contributed by atoms with E-state index in [9.17, 15) is 0 Å². The number of aryl methyl sites for hydroxylation is 1. The highest BCUT2D eigenvalue weighted by Crippen LogP contribution is 2.20. The molecule has 0 amide bonds. The zero-order chi connectivity index (χ0) is 19.6. The minimum atomic E-state index is 0.0230. The van der Waals surface area contributed by atoms with Crippen molar-refractivity contribution >= 4 is 17.3 Å². The summed E-state index contributed by atoms with van der Waals surface area (Å²) in [6.45, 7) is 8.76. The molecule has 148 valence electrons. The Morgan fingerprint density at radius 3 is 2.74 bits per heavy atom. The first-order valence-corrected chi connectivity index (χ1v) is 10.1. The van der Waals surface area contributed by atoms with E-state index in [1.807, 2.05) is 38.2 Å². The summed E-state index contributed by atoms with van der Waals surface area (Å²) in [6, 6.07) is 8.06. The number of guanidine groups is 1. The lowest BCUT2D eigenvalue weighted by molar-refractivity contribution is 0.119. The Bertz CT molecular complexity index is 715. The SMILES string of the molecule is CCNC(=NCCOc1ccc(C)cc1)N(C)Cc1csc(C(C)OC)n1. The number of benzene rings is 1. The Morgan fingerprint density at radius 1 is 1.33 bits per heavy atom. The fourth-order valence-electron chi connectivity index (χ4n) is 2.42. The molecule has 27 heavy (non-hydrogen) atoms. The summed E-state index contributed by atoms with van der Waals surface area (Å²) in [5.41, 5.74) is 2.24. The van der Waals surface area contributed by atoms with Gasteiger partial charge in [0.25, 0.3) is 0 Å². The van der Waals surface area contributed by atoms with Gasteiger partial charge in [0.2, 0.25) is 0 Å². The maximum atomic E-state index is 5.75. The molecule has 0 aliphatic rings. The van der Waals surface area contributed by atoms with Crippen molar-refractivity contribution in [3.8, 4) is 5.75 Å². The van der Waals surface area contributed by atoms with Crippen LogP contribution in [0.4, 0.5) is 0 Å². The molecule has 0 bridgehead atoms. The first-order valence-electron chi connectivity index (χ1n) is 9.19. The normalized spacial score (nSPS) is 12.7. The minimum absolute atomic E-state index is 0.0230. The summed E-state index contributed by atoms with van der Waals surface area (Å²) in [5.74, 6) is 1.72. The summed E-state index contributed by atoms with van der Waals surface area (Å²) in [5, 5.41) is 6.39. The quantitative estimate of drug-likeness (QED) is 0.402. The number of methoxy groups -OCH3 is 1. The third-order valence-corrected chi connectivity index (χ3v) is 5.06. The molecule has 0 spiro atoms. The molecule has 0 radical (unpaired) electrons. The van der Waals surface area contributed by atoms with Gasteiger partial charge in [-0.15, -0.1) is 11.3 Å². The Morgan fingerprint density at radius 2 is 2.07 bits per heavy atom. The lowest BCUT2D eigenvalue weighted by Crippen LogP contribution is -2.38. The number of nitrogens with zero attached hydrogens (tertiary/aromatic N) is 3. The van der Waals surface area contributed by atoms with Crippen molar-refractivity contribution < 1.29 is 9.47 Å². The van der Waals surface area contributed by atoms with E-state index in [4.69, 9.17) is 9.47 Å². The average molecular weight is 391 g/mol. The van der Waals surface area contributed by atoms with Gasteiger partial charge in [-0.1, -0.05) is 17.7 Å². The first kappa shape index (κ1) is 21.2. The molecule has 0 fully saturated rings. The standard InChI is InChI=1S/C20H30N4O2S/c1-6-21-20(22-11-12-26-18-9-7-15(2)8-10-18)24(4)13-17-14-27-19(23-17)16(3)25-5/h7-10,14,16H,6,11-13H2,1-5H3,(H,21,22). The van der Waals surface area contributed by atoms with Gasteiger partial charge in [-0.05, 0) is 32.9 Å². The number of rotatable bonds is 9. The molecule has 1 aromatic carbocycles. The van der Waals surface area contributed by atoms with Crippen LogP contribution in [0.2, 0.25) is 0 Å². The Hall–Kier alpha value is -2.12. The van der Waals surface area contributed by atoms with Crippen LogP contribution >= 0.6 is 11.3 Å². The molecule has 0 saturated carbocycles. The molecule has 0 aliphatic heterocycles. The summed E-state index contributed by atoms with van der Waals surface area (Å²) < 4.78 is 11.1. The van der Waals surface area contributed by atoms with Crippen LogP contribution in [0.15, 0.2) is 34.6 Å². The van der Waals surface area contributed by atoms with E-state index in [1.165, 1.54) is 5.56 Å². The first-order chi connectivity index (χ1) is 13.0. The van der Waals surface area contributed by atoms with E-state index in [2.05, 4.69) is 39.4 Å². The highest BCUT2D eigenvalue weighted by molar-refractivity contribution is 7.09. The molecule has 1 N–H and O–H groups in total. The second kappa shape index (κ2) is 10.9. The molecule has 2 aromatic rings. The summed E-state index contributed by atoms with van der Waals surface area (Å²) >= 11 is 1.63. The summed E-state index contributed by atoms with van der Waals surface area (Å²) in [4.78, 5) is 11.4. The molecule has 1 atom stereocenters. The van der Waals surface area contributed by atoms with Gasteiger partial charge in [0.05, 0.1) is 18.8 Å². The van der Waals surface area contributed by atoms with Crippen LogP contribution < -0.4 is 10.1 Å². The number of hydrogen-bond acceptors (Lipinski definition) is 5. The minimum Gasteiger partial charge on any atom is -0.492 e. The van der Waals surface area contributed by atoms with Crippen molar-refractivity contribution in [3.05, 3.63) is 45.9 Å². The van der Waals surface area contributed by atoms with Crippen LogP contribution in [-0.2, 0) is 11.3 Å². The van der Waals surface area contributed by atoms with Crippen LogP contribution in [0.25, 0.3) is 0 Å². The third-order valence-electron chi connectivity index (χ3n) is 4.01. The van der Waals surface area contributed by atoms with Crippen molar-refractivity contribution in [1.82, 2.24) is 15.2 Å². The number of thiazole rings is 1. The van der Waals surface area contributed by atoms with Crippen molar-refractivity contribution in [1.29, 1.82) is 0 Å². The van der Waals surface area contributed by atoms with Crippen molar-refractivity contribution in [2.24, 2.45) is 4.99 Å². The maximum Gasteiger partial charge on any atom is 0.194 e. The molecule has 1 aromatic heterocycles. The number of ether oxygens (including phenoxy) is 2. The van der Waals surface area contributed by atoms with Crippen molar-refractivity contribution in [2.45, 2.75) is 33.4 Å². The number of hydrogen-bond donors (Lipinski definition) is 1. The third kappa shape index (κ3) is 6.84. The molecular formula is C20H30N4O2S. The summed E-state index contributed by atoms with van der Waals surface area (Å²) in [7, 11) is 3.72. The Balaban J connectivity index is 1.89. The number of nitrogens with one attached hydrogen (secondary N) is 1. The van der Waals surface area contributed by atoms with Crippen LogP contribution in [0.5, 0.6) is 5.75 Å².